The van der Waals surface area contributed by atoms with Gasteiger partial charge in [-0.1, -0.05) is 12.1 Å². The number of aliphatic hydroxyl groups is 2. The van der Waals surface area contributed by atoms with E-state index in [1.165, 1.54) is 35.6 Å². The van der Waals surface area contributed by atoms with Gasteiger partial charge in [-0.3, -0.25) is 10.2 Å². The minimum absolute atomic E-state index is 0.00277. The third-order valence-electron chi connectivity index (χ3n) is 6.25. The highest BCUT2D eigenvalue weighted by Crippen LogP contribution is 2.39. The predicted octanol–water partition coefficient (Wildman–Crippen LogP) is 2.71. The number of ether oxygens (including phenoxy) is 1. The Kier molecular flexibility index (Phi) is 6.99. The fraction of sp³-hybridized carbons (Fsp3) is 0.375. The van der Waals surface area contributed by atoms with Crippen LogP contribution in [0.4, 0.5) is 35.4 Å². The molecule has 200 valence electrons. The van der Waals surface area contributed by atoms with Crippen molar-refractivity contribution >= 4 is 23.5 Å². The smallest absolute Gasteiger partial charge is 0.416 e. The number of carbonyl (C=O) groups is 1. The molecule has 2 atom stereocenters. The molecule has 1 aromatic carbocycles. The fourth-order valence-electron chi connectivity index (χ4n) is 4.42. The number of aromatic nitrogens is 4. The molecule has 2 amide bonds. The van der Waals surface area contributed by atoms with Crippen LogP contribution < -0.4 is 19.9 Å². The van der Waals surface area contributed by atoms with Crippen molar-refractivity contribution in [3.05, 3.63) is 48.4 Å². The van der Waals surface area contributed by atoms with E-state index >= 15 is 0 Å². The number of hydrogen-bond acceptors (Lipinski definition) is 9. The van der Waals surface area contributed by atoms with Crippen molar-refractivity contribution in [2.45, 2.75) is 31.2 Å². The van der Waals surface area contributed by atoms with E-state index in [-0.39, 0.29) is 35.7 Å². The number of hydrogen-bond donors (Lipinski definition) is 3. The molecule has 2 aliphatic rings. The molecule has 0 radical (unpaired) electrons. The van der Waals surface area contributed by atoms with E-state index in [2.05, 4.69) is 30.2 Å². The van der Waals surface area contributed by atoms with Gasteiger partial charge in [-0.15, -0.1) is 0 Å². The van der Waals surface area contributed by atoms with Crippen molar-refractivity contribution in [1.82, 2.24) is 19.9 Å². The molecule has 0 spiro atoms. The van der Waals surface area contributed by atoms with Gasteiger partial charge in [0.2, 0.25) is 5.95 Å². The zero-order valence-corrected chi connectivity index (χ0v) is 20.0. The largest absolute Gasteiger partial charge is 0.488 e. The highest BCUT2D eigenvalue weighted by atomic mass is 19.4. The van der Waals surface area contributed by atoms with Gasteiger partial charge < -0.3 is 19.8 Å². The molecule has 1 unspecified atom stereocenters. The van der Waals surface area contributed by atoms with Crippen LogP contribution in [0.2, 0.25) is 0 Å². The van der Waals surface area contributed by atoms with Crippen molar-refractivity contribution in [3.8, 4) is 17.1 Å². The second kappa shape index (κ2) is 10.4. The summed E-state index contributed by atoms with van der Waals surface area (Å²) in [5, 5.41) is 20.9. The van der Waals surface area contributed by atoms with Gasteiger partial charge in [-0.2, -0.15) is 13.2 Å². The maximum Gasteiger partial charge on any atom is 0.416 e. The topological polar surface area (TPSA) is 137 Å². The molecule has 14 heteroatoms. The number of anilines is 3. The minimum atomic E-state index is -4.52. The molecule has 3 aromatic rings. The second-order valence-electron chi connectivity index (χ2n) is 8.91. The molecule has 11 nitrogen and oxygen atoms in total. The summed E-state index contributed by atoms with van der Waals surface area (Å²) in [4.78, 5) is 33.9. The first-order chi connectivity index (χ1) is 18.2. The fourth-order valence-corrected chi connectivity index (χ4v) is 4.42. The number of aliphatic hydroxyl groups excluding tert-OH is 2. The molecule has 3 N–H and O–H groups in total. The van der Waals surface area contributed by atoms with Crippen molar-refractivity contribution in [1.29, 1.82) is 0 Å². The summed E-state index contributed by atoms with van der Waals surface area (Å²) in [5.41, 5.74) is -0.0279. The van der Waals surface area contributed by atoms with Crippen LogP contribution in [0.15, 0.2) is 42.9 Å². The number of fused-ring (bicyclic) bond motifs is 4. The quantitative estimate of drug-likeness (QED) is 0.439. The van der Waals surface area contributed by atoms with E-state index in [1.54, 1.807) is 0 Å². The zero-order valence-electron chi connectivity index (χ0n) is 20.0. The molecule has 0 saturated carbocycles. The summed E-state index contributed by atoms with van der Waals surface area (Å²) in [7, 11) is 0. The second-order valence-corrected chi connectivity index (χ2v) is 8.91. The highest BCUT2D eigenvalue weighted by molar-refractivity contribution is 6.03. The maximum atomic E-state index is 13.4. The summed E-state index contributed by atoms with van der Waals surface area (Å²) in [5.74, 6) is 0.590. The first-order valence-electron chi connectivity index (χ1n) is 11.9. The standard InChI is InChI=1S/C24H24F3N7O4/c25-24(26,27)15-4-1-3-14(7-15)20-28-10-19-21(31-20)34(16-5-2-6-33(19)11-16)23(37)32-22-29-8-18(9-30-22)38-13-17(36)12-35/h1,3-4,7-10,16-17,35-36H,2,5-6,11-13H2,(H,29,30,32,37)/t16-,17?/m0/s1. The summed E-state index contributed by atoms with van der Waals surface area (Å²) < 4.78 is 45.0. The van der Waals surface area contributed by atoms with Crippen LogP contribution in [-0.2, 0) is 6.18 Å². The van der Waals surface area contributed by atoms with Gasteiger partial charge in [-0.05, 0) is 25.0 Å². The SMILES string of the molecule is O=C(Nc1ncc(OCC(O)CO)cn1)N1c2nc(-c3cccc(C(F)(F)F)c3)ncc2N2CCC[C@H]1C2. The van der Waals surface area contributed by atoms with E-state index in [4.69, 9.17) is 9.84 Å². The number of halogens is 3. The molecule has 1 fully saturated rings. The van der Waals surface area contributed by atoms with Crippen molar-refractivity contribution in [2.75, 3.05) is 41.4 Å². The Hall–Kier alpha value is -4.04. The first-order valence-corrected chi connectivity index (χ1v) is 11.9. The van der Waals surface area contributed by atoms with Crippen LogP contribution in [0, 0.1) is 0 Å². The molecule has 2 bridgehead atoms. The number of carbonyl (C=O) groups excluding carboxylic acids is 1. The van der Waals surface area contributed by atoms with Crippen LogP contribution >= 0.6 is 0 Å². The first kappa shape index (κ1) is 25.6. The molecule has 2 aliphatic heterocycles. The predicted molar refractivity (Wildman–Crippen MR) is 130 cm³/mol. The lowest BCUT2D eigenvalue weighted by atomic mass is 10.0. The number of alkyl halides is 3. The number of amides is 2. The van der Waals surface area contributed by atoms with Gasteiger partial charge in [0.05, 0.1) is 42.5 Å². The van der Waals surface area contributed by atoms with E-state index in [1.807, 2.05) is 0 Å². The van der Waals surface area contributed by atoms with Gasteiger partial charge >= 0.3 is 12.2 Å². The lowest BCUT2D eigenvalue weighted by Crippen LogP contribution is -2.56. The average molecular weight is 531 g/mol. The Morgan fingerprint density at radius 3 is 2.74 bits per heavy atom. The molecule has 2 aromatic heterocycles. The Morgan fingerprint density at radius 2 is 2.00 bits per heavy atom. The summed E-state index contributed by atoms with van der Waals surface area (Å²) >= 11 is 0. The van der Waals surface area contributed by atoms with Crippen LogP contribution in [0.1, 0.15) is 18.4 Å². The summed E-state index contributed by atoms with van der Waals surface area (Å²) in [6.45, 7) is 0.709. The van der Waals surface area contributed by atoms with Crippen molar-refractivity contribution in [2.24, 2.45) is 0 Å². The van der Waals surface area contributed by atoms with Gasteiger partial charge in [-0.25, -0.2) is 24.7 Å². The number of nitrogens with zero attached hydrogens (tertiary/aromatic N) is 6. The van der Waals surface area contributed by atoms with Crippen LogP contribution in [0.3, 0.4) is 0 Å². The molecule has 38 heavy (non-hydrogen) atoms. The molecule has 4 heterocycles. The summed E-state index contributed by atoms with van der Waals surface area (Å²) in [6.07, 6.45) is 0.145. The number of piperidine rings is 1. The third kappa shape index (κ3) is 5.31. The molecular formula is C24H24F3N7O4. The normalized spacial score (nSPS) is 17.6. The Balaban J connectivity index is 1.41. The molecule has 0 aliphatic carbocycles. The van der Waals surface area contributed by atoms with Gasteiger partial charge in [0.1, 0.15) is 12.7 Å². The van der Waals surface area contributed by atoms with E-state index in [0.29, 0.717) is 24.5 Å². The monoisotopic (exact) mass is 531 g/mol. The number of rotatable bonds is 6. The highest BCUT2D eigenvalue weighted by Gasteiger charge is 2.39. The van der Waals surface area contributed by atoms with E-state index in [9.17, 15) is 23.1 Å². The number of urea groups is 1. The summed E-state index contributed by atoms with van der Waals surface area (Å²) in [6, 6.07) is 3.97. The molecule has 1 saturated heterocycles. The number of nitrogens with one attached hydrogen (secondary N) is 1. The van der Waals surface area contributed by atoms with Crippen LogP contribution in [0.25, 0.3) is 11.4 Å². The van der Waals surface area contributed by atoms with E-state index < -0.39 is 30.5 Å². The van der Waals surface area contributed by atoms with Crippen LogP contribution in [0.5, 0.6) is 5.75 Å². The van der Waals surface area contributed by atoms with Gasteiger partial charge in [0.15, 0.2) is 17.4 Å². The van der Waals surface area contributed by atoms with Crippen LogP contribution in [-0.4, -0.2) is 74.6 Å². The number of benzene rings is 1. The van der Waals surface area contributed by atoms with E-state index in [0.717, 1.165) is 25.1 Å². The Bertz CT molecular complexity index is 1310. The van der Waals surface area contributed by atoms with Gasteiger partial charge in [0, 0.05) is 18.7 Å². The Labute approximate surface area is 214 Å². The Morgan fingerprint density at radius 1 is 1.21 bits per heavy atom. The lowest BCUT2D eigenvalue weighted by Gasteiger charge is -2.45. The van der Waals surface area contributed by atoms with Crippen molar-refractivity contribution < 1.29 is 32.9 Å². The minimum Gasteiger partial charge on any atom is -0.488 e. The van der Waals surface area contributed by atoms with Crippen molar-refractivity contribution in [3.63, 3.8) is 0 Å². The van der Waals surface area contributed by atoms with Gasteiger partial charge in [0.25, 0.3) is 0 Å². The zero-order chi connectivity index (χ0) is 26.9. The third-order valence-corrected chi connectivity index (χ3v) is 6.25. The molecular weight excluding hydrogens is 507 g/mol. The lowest BCUT2D eigenvalue weighted by molar-refractivity contribution is -0.137. The average Bonchev–Trinajstić information content (AvgIpc) is 2.92. The maximum absolute atomic E-state index is 13.4. The molecule has 5 rings (SSSR count).